The summed E-state index contributed by atoms with van der Waals surface area (Å²) in [4.78, 5) is 16.5. The van der Waals surface area contributed by atoms with Crippen molar-refractivity contribution in [3.05, 3.63) is 64.9 Å². The Morgan fingerprint density at radius 2 is 1.96 bits per heavy atom. The third-order valence-corrected chi connectivity index (χ3v) is 4.73. The van der Waals surface area contributed by atoms with Gasteiger partial charge in [0.05, 0.1) is 0 Å². The molecule has 27 heavy (non-hydrogen) atoms. The van der Waals surface area contributed by atoms with Crippen LogP contribution in [0.2, 0.25) is 0 Å². The van der Waals surface area contributed by atoms with Crippen LogP contribution in [0, 0.1) is 5.82 Å². The molecule has 0 bridgehead atoms. The Labute approximate surface area is 159 Å². The second-order valence-corrected chi connectivity index (χ2v) is 6.72. The molecule has 0 unspecified atom stereocenters. The molecule has 138 valence electrons. The van der Waals surface area contributed by atoms with Gasteiger partial charge in [0, 0.05) is 23.7 Å². The van der Waals surface area contributed by atoms with Crippen molar-refractivity contribution in [3.8, 4) is 11.5 Å². The topological polar surface area (TPSA) is 72.5 Å². The molecule has 1 amide bonds. The summed E-state index contributed by atoms with van der Waals surface area (Å²) in [7, 11) is 0. The number of benzene rings is 2. The number of thiazole rings is 1. The zero-order chi connectivity index (χ0) is 18.6. The van der Waals surface area contributed by atoms with E-state index in [9.17, 15) is 9.18 Å². The maximum absolute atomic E-state index is 12.9. The molecule has 3 aromatic rings. The van der Waals surface area contributed by atoms with Gasteiger partial charge in [-0.25, -0.2) is 9.37 Å². The molecule has 2 aromatic carbocycles. The van der Waals surface area contributed by atoms with Crippen molar-refractivity contribution < 1.29 is 18.7 Å². The van der Waals surface area contributed by atoms with Gasteiger partial charge in [-0.1, -0.05) is 12.1 Å². The Bertz CT molecular complexity index is 959. The fourth-order valence-electron chi connectivity index (χ4n) is 2.60. The maximum atomic E-state index is 12.9. The van der Waals surface area contributed by atoms with Crippen LogP contribution in [0.3, 0.4) is 0 Å². The first-order valence-corrected chi connectivity index (χ1v) is 9.20. The summed E-state index contributed by atoms with van der Waals surface area (Å²) in [5.74, 6) is 0.871. The van der Waals surface area contributed by atoms with Crippen molar-refractivity contribution in [2.75, 3.05) is 18.7 Å². The molecule has 0 spiro atoms. The highest BCUT2D eigenvalue weighted by molar-refractivity contribution is 7.14. The van der Waals surface area contributed by atoms with Crippen molar-refractivity contribution in [2.24, 2.45) is 0 Å². The van der Waals surface area contributed by atoms with E-state index in [2.05, 4.69) is 15.6 Å². The molecule has 0 radical (unpaired) electrons. The summed E-state index contributed by atoms with van der Waals surface area (Å²) in [5, 5.41) is 8.28. The molecule has 0 fully saturated rings. The Morgan fingerprint density at radius 3 is 2.81 bits per heavy atom. The van der Waals surface area contributed by atoms with E-state index in [1.165, 1.54) is 23.5 Å². The Hall–Kier alpha value is -3.13. The van der Waals surface area contributed by atoms with Gasteiger partial charge in [0.15, 0.2) is 16.6 Å². The van der Waals surface area contributed by atoms with E-state index in [1.807, 2.05) is 18.2 Å². The number of ether oxygens (including phenoxy) is 2. The van der Waals surface area contributed by atoms with Gasteiger partial charge in [-0.15, -0.1) is 11.3 Å². The highest BCUT2D eigenvalue weighted by Crippen LogP contribution is 2.35. The number of anilines is 2. The monoisotopic (exact) mass is 385 g/mol. The van der Waals surface area contributed by atoms with Gasteiger partial charge in [-0.05, 0) is 36.2 Å². The van der Waals surface area contributed by atoms with Crippen LogP contribution in [0.25, 0.3) is 0 Å². The fourth-order valence-corrected chi connectivity index (χ4v) is 3.31. The second-order valence-electron chi connectivity index (χ2n) is 5.86. The largest absolute Gasteiger partial charge is 0.454 e. The van der Waals surface area contributed by atoms with Gasteiger partial charge in [0.2, 0.25) is 6.79 Å². The number of aromatic nitrogens is 1. The molecular weight excluding hydrogens is 369 g/mol. The number of hydrogen-bond donors (Lipinski definition) is 2. The first-order valence-electron chi connectivity index (χ1n) is 8.32. The number of carbonyl (C=O) groups is 1. The van der Waals surface area contributed by atoms with Crippen LogP contribution in [0.15, 0.2) is 47.8 Å². The summed E-state index contributed by atoms with van der Waals surface area (Å²) in [6.07, 6.45) is 0.623. The first kappa shape index (κ1) is 17.3. The zero-order valence-corrected chi connectivity index (χ0v) is 15.0. The number of rotatable bonds is 6. The minimum Gasteiger partial charge on any atom is -0.454 e. The van der Waals surface area contributed by atoms with Crippen molar-refractivity contribution in [1.29, 1.82) is 0 Å². The molecule has 0 saturated carbocycles. The van der Waals surface area contributed by atoms with Crippen molar-refractivity contribution in [1.82, 2.24) is 10.3 Å². The van der Waals surface area contributed by atoms with E-state index in [0.717, 1.165) is 11.3 Å². The summed E-state index contributed by atoms with van der Waals surface area (Å²) in [5.41, 5.74) is 2.11. The predicted molar refractivity (Wildman–Crippen MR) is 100 cm³/mol. The molecule has 2 heterocycles. The molecule has 8 heteroatoms. The van der Waals surface area contributed by atoms with Crippen LogP contribution < -0.4 is 20.1 Å². The lowest BCUT2D eigenvalue weighted by molar-refractivity contribution is 0.0950. The average Bonchev–Trinajstić information content (AvgIpc) is 3.32. The number of hydrogen-bond acceptors (Lipinski definition) is 6. The Morgan fingerprint density at radius 1 is 1.15 bits per heavy atom. The van der Waals surface area contributed by atoms with Crippen LogP contribution in [0.4, 0.5) is 15.2 Å². The van der Waals surface area contributed by atoms with Crippen LogP contribution in [-0.2, 0) is 6.42 Å². The molecule has 1 aliphatic heterocycles. The van der Waals surface area contributed by atoms with Crippen LogP contribution in [0.1, 0.15) is 16.1 Å². The number of nitrogens with one attached hydrogen (secondary N) is 2. The summed E-state index contributed by atoms with van der Waals surface area (Å²) < 4.78 is 23.5. The van der Waals surface area contributed by atoms with E-state index in [-0.39, 0.29) is 18.5 Å². The standard InChI is InChI=1S/C19H16FN3O3S/c20-13-3-1-12(2-4-13)7-8-21-18(24)15-10-27-19(23-15)22-14-5-6-16-17(9-14)26-11-25-16/h1-6,9-10H,7-8,11H2,(H,21,24)(H,22,23). The number of nitrogens with zero attached hydrogens (tertiary/aromatic N) is 1. The number of amides is 1. The predicted octanol–water partition coefficient (Wildman–Crippen LogP) is 3.73. The third-order valence-electron chi connectivity index (χ3n) is 3.97. The van der Waals surface area contributed by atoms with Gasteiger partial charge in [0.1, 0.15) is 11.5 Å². The Kier molecular flexibility index (Phi) is 4.88. The van der Waals surface area contributed by atoms with Gasteiger partial charge < -0.3 is 20.1 Å². The van der Waals surface area contributed by atoms with E-state index in [1.54, 1.807) is 17.5 Å². The highest BCUT2D eigenvalue weighted by atomic mass is 32.1. The first-order chi connectivity index (χ1) is 13.2. The number of halogens is 1. The van der Waals surface area contributed by atoms with Crippen molar-refractivity contribution >= 4 is 28.1 Å². The molecular formula is C19H16FN3O3S. The van der Waals surface area contributed by atoms with Crippen LogP contribution in [0.5, 0.6) is 11.5 Å². The number of carbonyl (C=O) groups excluding carboxylic acids is 1. The van der Waals surface area contributed by atoms with Crippen LogP contribution in [-0.4, -0.2) is 24.2 Å². The van der Waals surface area contributed by atoms with E-state index >= 15 is 0 Å². The fraction of sp³-hybridized carbons (Fsp3) is 0.158. The van der Waals surface area contributed by atoms with Crippen molar-refractivity contribution in [3.63, 3.8) is 0 Å². The van der Waals surface area contributed by atoms with Gasteiger partial charge in [-0.2, -0.15) is 0 Å². The lowest BCUT2D eigenvalue weighted by atomic mass is 10.1. The molecule has 4 rings (SSSR count). The molecule has 2 N–H and O–H groups in total. The summed E-state index contributed by atoms with van der Waals surface area (Å²) in [6, 6.07) is 11.7. The van der Waals surface area contributed by atoms with Crippen LogP contribution >= 0.6 is 11.3 Å². The number of fused-ring (bicyclic) bond motifs is 1. The molecule has 6 nitrogen and oxygen atoms in total. The minimum absolute atomic E-state index is 0.221. The lowest BCUT2D eigenvalue weighted by Crippen LogP contribution is -2.25. The lowest BCUT2D eigenvalue weighted by Gasteiger charge is -2.04. The van der Waals surface area contributed by atoms with Gasteiger partial charge in [-0.3, -0.25) is 4.79 Å². The van der Waals surface area contributed by atoms with Gasteiger partial charge in [0.25, 0.3) is 5.91 Å². The quantitative estimate of drug-likeness (QED) is 0.677. The SMILES string of the molecule is O=C(NCCc1ccc(F)cc1)c1csc(Nc2ccc3c(c2)OCO3)n1. The summed E-state index contributed by atoms with van der Waals surface area (Å²) in [6.45, 7) is 0.672. The maximum Gasteiger partial charge on any atom is 0.270 e. The molecule has 0 aliphatic carbocycles. The third kappa shape index (κ3) is 4.17. The molecule has 1 aromatic heterocycles. The normalized spacial score (nSPS) is 12.0. The van der Waals surface area contributed by atoms with E-state index < -0.39 is 0 Å². The second kappa shape index (κ2) is 7.63. The molecule has 0 saturated heterocycles. The average molecular weight is 385 g/mol. The molecule has 0 atom stereocenters. The smallest absolute Gasteiger partial charge is 0.270 e. The highest BCUT2D eigenvalue weighted by Gasteiger charge is 2.15. The van der Waals surface area contributed by atoms with Gasteiger partial charge >= 0.3 is 0 Å². The molecule has 1 aliphatic rings. The summed E-state index contributed by atoms with van der Waals surface area (Å²) >= 11 is 1.34. The van der Waals surface area contributed by atoms with E-state index in [4.69, 9.17) is 9.47 Å². The van der Waals surface area contributed by atoms with E-state index in [0.29, 0.717) is 35.3 Å². The zero-order valence-electron chi connectivity index (χ0n) is 14.2. The van der Waals surface area contributed by atoms with Crippen molar-refractivity contribution in [2.45, 2.75) is 6.42 Å². The minimum atomic E-state index is -0.271. The Balaban J connectivity index is 1.31.